The van der Waals surface area contributed by atoms with E-state index in [1.165, 1.54) is 7.11 Å². The first-order valence-electron chi connectivity index (χ1n) is 5.66. The van der Waals surface area contributed by atoms with Gasteiger partial charge in [-0.05, 0) is 19.2 Å². The van der Waals surface area contributed by atoms with Gasteiger partial charge in [0.05, 0.1) is 24.4 Å². The molecule has 0 saturated carbocycles. The van der Waals surface area contributed by atoms with E-state index in [1.54, 1.807) is 25.2 Å². The van der Waals surface area contributed by atoms with Crippen LogP contribution in [0.4, 0.5) is 5.69 Å². The Morgan fingerprint density at radius 2 is 2.28 bits per heavy atom. The van der Waals surface area contributed by atoms with E-state index in [4.69, 9.17) is 10.00 Å². The molecule has 0 aliphatic heterocycles. The molecule has 0 bridgehead atoms. The molecule has 5 nitrogen and oxygen atoms in total. The highest BCUT2D eigenvalue weighted by Gasteiger charge is 2.14. The summed E-state index contributed by atoms with van der Waals surface area (Å²) in [4.78, 5) is 11.9. The molecule has 0 fully saturated rings. The second-order valence-corrected chi connectivity index (χ2v) is 3.97. The second-order valence-electron chi connectivity index (χ2n) is 3.97. The summed E-state index contributed by atoms with van der Waals surface area (Å²) in [5.74, 6) is 0.252. The maximum absolute atomic E-state index is 11.9. The highest BCUT2D eigenvalue weighted by Crippen LogP contribution is 2.25. The van der Waals surface area contributed by atoms with Crippen molar-refractivity contribution >= 4 is 11.6 Å². The number of nitriles is 1. The molecule has 18 heavy (non-hydrogen) atoms. The molecule has 1 amide bonds. The van der Waals surface area contributed by atoms with Crippen LogP contribution in [0.15, 0.2) is 18.2 Å². The van der Waals surface area contributed by atoms with E-state index in [0.29, 0.717) is 23.5 Å². The van der Waals surface area contributed by atoms with Crippen LogP contribution in [0.25, 0.3) is 0 Å². The molecule has 1 aromatic carbocycles. The molecule has 0 radical (unpaired) electrons. The summed E-state index contributed by atoms with van der Waals surface area (Å²) in [6, 6.07) is 6.93. The molecular formula is C13H17N3O2. The Morgan fingerprint density at radius 1 is 1.56 bits per heavy atom. The first-order chi connectivity index (χ1) is 8.62. The average Bonchev–Trinajstić information content (AvgIpc) is 2.39. The summed E-state index contributed by atoms with van der Waals surface area (Å²) in [5.41, 5.74) is 1.07. The zero-order valence-corrected chi connectivity index (χ0v) is 10.8. The van der Waals surface area contributed by atoms with Crippen LogP contribution in [0.5, 0.6) is 5.75 Å². The molecule has 1 aromatic rings. The maximum atomic E-state index is 11.9. The Labute approximate surface area is 107 Å². The molecular weight excluding hydrogens is 230 g/mol. The standard InChI is InChI=1S/C13H17N3O2/c1-9(8-15-2)13(17)16-11-5-4-10(7-14)6-12(11)18-3/h4-6,9,15H,8H2,1-3H3,(H,16,17). The number of hydrogen-bond acceptors (Lipinski definition) is 4. The summed E-state index contributed by atoms with van der Waals surface area (Å²) >= 11 is 0. The van der Waals surface area contributed by atoms with E-state index in [0.717, 1.165) is 0 Å². The summed E-state index contributed by atoms with van der Waals surface area (Å²) in [6.45, 7) is 2.44. The Kier molecular flexibility index (Phi) is 5.15. The van der Waals surface area contributed by atoms with Crippen molar-refractivity contribution in [3.05, 3.63) is 23.8 Å². The van der Waals surface area contributed by atoms with Crippen molar-refractivity contribution in [2.45, 2.75) is 6.92 Å². The van der Waals surface area contributed by atoms with Gasteiger partial charge >= 0.3 is 0 Å². The van der Waals surface area contributed by atoms with Crippen molar-refractivity contribution in [1.82, 2.24) is 5.32 Å². The monoisotopic (exact) mass is 247 g/mol. The lowest BCUT2D eigenvalue weighted by Crippen LogP contribution is -2.28. The van der Waals surface area contributed by atoms with Crippen LogP contribution in [-0.2, 0) is 4.79 Å². The zero-order chi connectivity index (χ0) is 13.5. The van der Waals surface area contributed by atoms with Crippen molar-refractivity contribution < 1.29 is 9.53 Å². The third kappa shape index (κ3) is 3.47. The lowest BCUT2D eigenvalue weighted by atomic mass is 10.1. The normalized spacial score (nSPS) is 11.4. The van der Waals surface area contributed by atoms with Crippen LogP contribution >= 0.6 is 0 Å². The number of amides is 1. The number of anilines is 1. The lowest BCUT2D eigenvalue weighted by Gasteiger charge is -2.14. The van der Waals surface area contributed by atoms with Crippen LogP contribution in [0.3, 0.4) is 0 Å². The Hall–Kier alpha value is -2.06. The van der Waals surface area contributed by atoms with Gasteiger partial charge in [0.15, 0.2) is 0 Å². The van der Waals surface area contributed by atoms with Gasteiger partial charge in [0.2, 0.25) is 5.91 Å². The number of nitrogens with zero attached hydrogens (tertiary/aromatic N) is 1. The van der Waals surface area contributed by atoms with E-state index in [9.17, 15) is 4.79 Å². The van der Waals surface area contributed by atoms with Gasteiger partial charge in [-0.15, -0.1) is 0 Å². The Morgan fingerprint density at radius 3 is 2.83 bits per heavy atom. The number of carbonyl (C=O) groups is 1. The molecule has 1 unspecified atom stereocenters. The average molecular weight is 247 g/mol. The molecule has 2 N–H and O–H groups in total. The van der Waals surface area contributed by atoms with Gasteiger partial charge in [0.1, 0.15) is 5.75 Å². The van der Waals surface area contributed by atoms with E-state index >= 15 is 0 Å². The summed E-state index contributed by atoms with van der Waals surface area (Å²) in [6.07, 6.45) is 0. The fraction of sp³-hybridized carbons (Fsp3) is 0.385. The number of methoxy groups -OCH3 is 1. The fourth-order valence-corrected chi connectivity index (χ4v) is 1.52. The van der Waals surface area contributed by atoms with E-state index in [1.807, 2.05) is 13.0 Å². The lowest BCUT2D eigenvalue weighted by molar-refractivity contribution is -0.119. The molecule has 96 valence electrons. The molecule has 0 aromatic heterocycles. The first-order valence-corrected chi connectivity index (χ1v) is 5.66. The first kappa shape index (κ1) is 14.0. The number of nitrogens with one attached hydrogen (secondary N) is 2. The van der Waals surface area contributed by atoms with Crippen molar-refractivity contribution in [2.75, 3.05) is 26.0 Å². The predicted octanol–water partition coefficient (Wildman–Crippen LogP) is 1.36. The van der Waals surface area contributed by atoms with Crippen LogP contribution in [-0.4, -0.2) is 26.6 Å². The van der Waals surface area contributed by atoms with Gasteiger partial charge in [-0.25, -0.2) is 0 Å². The second kappa shape index (κ2) is 6.62. The molecule has 0 saturated heterocycles. The molecule has 1 rings (SSSR count). The third-order valence-corrected chi connectivity index (χ3v) is 2.55. The molecule has 0 heterocycles. The van der Waals surface area contributed by atoms with Crippen LogP contribution in [0, 0.1) is 17.2 Å². The molecule has 5 heteroatoms. The number of ether oxygens (including phenoxy) is 1. The maximum Gasteiger partial charge on any atom is 0.228 e. The predicted molar refractivity (Wildman–Crippen MR) is 69.4 cm³/mol. The minimum Gasteiger partial charge on any atom is -0.495 e. The highest BCUT2D eigenvalue weighted by atomic mass is 16.5. The number of benzene rings is 1. The summed E-state index contributed by atoms with van der Waals surface area (Å²) < 4.78 is 5.15. The van der Waals surface area contributed by atoms with Gasteiger partial charge in [-0.3, -0.25) is 4.79 Å². The minimum absolute atomic E-state index is 0.0904. The number of rotatable bonds is 5. The number of hydrogen-bond donors (Lipinski definition) is 2. The summed E-state index contributed by atoms with van der Waals surface area (Å²) in [7, 11) is 3.30. The fourth-order valence-electron chi connectivity index (χ4n) is 1.52. The topological polar surface area (TPSA) is 74.2 Å². The number of carbonyl (C=O) groups excluding carboxylic acids is 1. The Balaban J connectivity index is 2.84. The molecule has 0 aliphatic rings. The SMILES string of the molecule is CNCC(C)C(=O)Nc1ccc(C#N)cc1OC. The molecule has 0 spiro atoms. The Bertz CT molecular complexity index is 466. The van der Waals surface area contributed by atoms with Crippen molar-refractivity contribution in [2.24, 2.45) is 5.92 Å². The van der Waals surface area contributed by atoms with E-state index in [2.05, 4.69) is 10.6 Å². The largest absolute Gasteiger partial charge is 0.495 e. The summed E-state index contributed by atoms with van der Waals surface area (Å²) in [5, 5.41) is 14.5. The van der Waals surface area contributed by atoms with Crippen molar-refractivity contribution in [3.8, 4) is 11.8 Å². The van der Waals surface area contributed by atoms with Gasteiger partial charge in [0.25, 0.3) is 0 Å². The van der Waals surface area contributed by atoms with Crippen molar-refractivity contribution in [3.63, 3.8) is 0 Å². The van der Waals surface area contributed by atoms with Crippen LogP contribution in [0.1, 0.15) is 12.5 Å². The van der Waals surface area contributed by atoms with Gasteiger partial charge in [-0.2, -0.15) is 5.26 Å². The van der Waals surface area contributed by atoms with E-state index < -0.39 is 0 Å². The quantitative estimate of drug-likeness (QED) is 0.824. The smallest absolute Gasteiger partial charge is 0.228 e. The minimum atomic E-state index is -0.143. The van der Waals surface area contributed by atoms with E-state index in [-0.39, 0.29) is 11.8 Å². The molecule has 0 aliphatic carbocycles. The third-order valence-electron chi connectivity index (χ3n) is 2.55. The highest BCUT2D eigenvalue weighted by molar-refractivity contribution is 5.94. The van der Waals surface area contributed by atoms with Crippen LogP contribution in [0.2, 0.25) is 0 Å². The van der Waals surface area contributed by atoms with Gasteiger partial charge in [-0.1, -0.05) is 6.92 Å². The van der Waals surface area contributed by atoms with Crippen LogP contribution < -0.4 is 15.4 Å². The zero-order valence-electron chi connectivity index (χ0n) is 10.8. The van der Waals surface area contributed by atoms with Crippen molar-refractivity contribution in [1.29, 1.82) is 5.26 Å². The molecule has 1 atom stereocenters. The van der Waals surface area contributed by atoms with Gasteiger partial charge < -0.3 is 15.4 Å². The van der Waals surface area contributed by atoms with Gasteiger partial charge in [0, 0.05) is 18.5 Å².